The first-order valence-electron chi connectivity index (χ1n) is 12.0. The van der Waals surface area contributed by atoms with E-state index in [9.17, 15) is 14.9 Å². The first kappa shape index (κ1) is 22.0. The van der Waals surface area contributed by atoms with Crippen LogP contribution in [0.3, 0.4) is 0 Å². The third-order valence-electron chi connectivity index (χ3n) is 7.35. The van der Waals surface area contributed by atoms with E-state index < -0.39 is 18.1 Å². The van der Waals surface area contributed by atoms with Crippen molar-refractivity contribution in [3.05, 3.63) is 81.2 Å². The number of aryl methyl sites for hydroxylation is 3. The maximum Gasteiger partial charge on any atom is 0.267 e. The highest BCUT2D eigenvalue weighted by atomic mass is 32.1. The maximum absolute atomic E-state index is 14.0. The number of amides is 2. The second-order valence-corrected chi connectivity index (χ2v) is 10.6. The number of para-hydroxylation sites is 1. The standard InChI is InChI=1S/C28H25N3O3S/c1-16-11-13-18(14-12-16)24-23-25(34-31(24)21-9-5-3-7-17(21)2)27(33)30(26(23)32)28-20(15-29)19-8-4-6-10-22(19)35-28/h3,5,7,9,11-14,23-25H,4,6,8,10H2,1-2H3/t23-,24-,25+/m0/s1. The number of imide groups is 1. The lowest BCUT2D eigenvalue weighted by molar-refractivity contribution is -0.126. The van der Waals surface area contributed by atoms with Gasteiger partial charge in [-0.15, -0.1) is 11.3 Å². The predicted octanol–water partition coefficient (Wildman–Crippen LogP) is 5.17. The lowest BCUT2D eigenvalue weighted by Crippen LogP contribution is -2.37. The molecule has 3 aromatic rings. The molecule has 6 rings (SSSR count). The number of carbonyl (C=O) groups excluding carboxylic acids is 2. The van der Waals surface area contributed by atoms with Gasteiger partial charge in [0.25, 0.3) is 5.91 Å². The normalized spacial score (nSPS) is 23.4. The average molecular weight is 484 g/mol. The van der Waals surface area contributed by atoms with Crippen LogP contribution in [0.15, 0.2) is 48.5 Å². The molecule has 0 unspecified atom stereocenters. The van der Waals surface area contributed by atoms with E-state index in [1.54, 1.807) is 5.06 Å². The maximum atomic E-state index is 14.0. The molecule has 0 bridgehead atoms. The highest BCUT2D eigenvalue weighted by Crippen LogP contribution is 2.50. The summed E-state index contributed by atoms with van der Waals surface area (Å²) in [6, 6.07) is 17.7. The zero-order chi connectivity index (χ0) is 24.3. The molecular weight excluding hydrogens is 458 g/mol. The molecule has 0 saturated carbocycles. The Labute approximate surface area is 208 Å². The Bertz CT molecular complexity index is 1390. The smallest absolute Gasteiger partial charge is 0.267 e. The number of anilines is 2. The van der Waals surface area contributed by atoms with Crippen LogP contribution in [0.1, 0.15) is 51.6 Å². The van der Waals surface area contributed by atoms with Crippen LogP contribution in [0, 0.1) is 31.1 Å². The van der Waals surface area contributed by atoms with Gasteiger partial charge in [0.15, 0.2) is 6.10 Å². The molecule has 2 fully saturated rings. The number of fused-ring (bicyclic) bond motifs is 2. The van der Waals surface area contributed by atoms with Crippen molar-refractivity contribution in [3.8, 4) is 6.07 Å². The van der Waals surface area contributed by atoms with Gasteiger partial charge in [-0.05, 0) is 62.3 Å². The van der Waals surface area contributed by atoms with Gasteiger partial charge in [-0.2, -0.15) is 5.26 Å². The van der Waals surface area contributed by atoms with E-state index in [2.05, 4.69) is 6.07 Å². The number of thiophene rings is 1. The summed E-state index contributed by atoms with van der Waals surface area (Å²) in [5, 5.41) is 12.2. The van der Waals surface area contributed by atoms with E-state index in [0.717, 1.165) is 58.5 Å². The molecule has 3 heterocycles. The van der Waals surface area contributed by atoms with Gasteiger partial charge in [0.1, 0.15) is 17.0 Å². The van der Waals surface area contributed by atoms with Gasteiger partial charge in [-0.1, -0.05) is 48.0 Å². The molecule has 35 heavy (non-hydrogen) atoms. The van der Waals surface area contributed by atoms with Gasteiger partial charge in [0.05, 0.1) is 17.3 Å². The quantitative estimate of drug-likeness (QED) is 0.481. The summed E-state index contributed by atoms with van der Waals surface area (Å²) in [5.41, 5.74) is 5.36. The van der Waals surface area contributed by atoms with Crippen molar-refractivity contribution in [2.24, 2.45) is 5.92 Å². The van der Waals surface area contributed by atoms with E-state index in [4.69, 9.17) is 4.84 Å². The zero-order valence-electron chi connectivity index (χ0n) is 19.7. The summed E-state index contributed by atoms with van der Waals surface area (Å²) in [5.74, 6) is -1.38. The highest BCUT2D eigenvalue weighted by Gasteiger charge is 2.61. The SMILES string of the molecule is Cc1ccc([C@H]2[C@@H]3C(=O)N(c4sc5c(c4C#N)CCCC5)C(=O)[C@@H]3ON2c2ccccc2C)cc1. The second-order valence-electron chi connectivity index (χ2n) is 9.53. The first-order valence-corrected chi connectivity index (χ1v) is 12.8. The molecule has 6 nitrogen and oxygen atoms in total. The zero-order valence-corrected chi connectivity index (χ0v) is 20.5. The van der Waals surface area contributed by atoms with E-state index >= 15 is 0 Å². The minimum absolute atomic E-state index is 0.295. The third kappa shape index (κ3) is 3.32. The topological polar surface area (TPSA) is 73.6 Å². The van der Waals surface area contributed by atoms with E-state index in [1.165, 1.54) is 16.2 Å². The fraction of sp³-hybridized carbons (Fsp3) is 0.321. The molecular formula is C28H25N3O3S. The number of nitriles is 1. The number of hydrogen-bond donors (Lipinski definition) is 0. The summed E-state index contributed by atoms with van der Waals surface area (Å²) >= 11 is 1.42. The number of rotatable bonds is 3. The van der Waals surface area contributed by atoms with Crippen LogP contribution in [-0.2, 0) is 27.3 Å². The largest absolute Gasteiger partial charge is 0.273 e. The molecule has 3 atom stereocenters. The molecule has 2 saturated heterocycles. The molecule has 0 N–H and O–H groups in total. The average Bonchev–Trinajstić information content (AvgIpc) is 3.50. The number of nitrogens with zero attached hydrogens (tertiary/aromatic N) is 3. The summed E-state index contributed by atoms with van der Waals surface area (Å²) in [6.45, 7) is 4.01. The predicted molar refractivity (Wildman–Crippen MR) is 134 cm³/mol. The fourth-order valence-corrected chi connectivity index (χ4v) is 6.91. The Balaban J connectivity index is 1.45. The minimum Gasteiger partial charge on any atom is -0.273 e. The van der Waals surface area contributed by atoms with Crippen LogP contribution in [0.4, 0.5) is 10.7 Å². The van der Waals surface area contributed by atoms with E-state index in [-0.39, 0.29) is 11.8 Å². The van der Waals surface area contributed by atoms with Gasteiger partial charge in [-0.3, -0.25) is 14.4 Å². The number of hydroxylamine groups is 1. The van der Waals surface area contributed by atoms with Crippen molar-refractivity contribution < 1.29 is 14.4 Å². The molecule has 2 aromatic carbocycles. The van der Waals surface area contributed by atoms with Crippen LogP contribution < -0.4 is 9.96 Å². The number of hydrogen-bond acceptors (Lipinski definition) is 6. The van der Waals surface area contributed by atoms with Crippen LogP contribution in [0.5, 0.6) is 0 Å². The molecule has 0 spiro atoms. The van der Waals surface area contributed by atoms with Gasteiger partial charge in [0, 0.05) is 4.88 Å². The number of benzene rings is 2. The summed E-state index contributed by atoms with van der Waals surface area (Å²) < 4.78 is 0. The lowest BCUT2D eigenvalue weighted by Gasteiger charge is -2.29. The van der Waals surface area contributed by atoms with Gasteiger partial charge >= 0.3 is 0 Å². The molecule has 7 heteroatoms. The van der Waals surface area contributed by atoms with Crippen molar-refractivity contribution >= 4 is 33.8 Å². The molecule has 2 aliphatic heterocycles. The van der Waals surface area contributed by atoms with Crippen molar-refractivity contribution in [2.75, 3.05) is 9.96 Å². The second kappa shape index (κ2) is 8.33. The van der Waals surface area contributed by atoms with Gasteiger partial charge in [-0.25, -0.2) is 9.96 Å². The monoisotopic (exact) mass is 483 g/mol. The minimum atomic E-state index is -0.931. The Hall–Kier alpha value is -3.47. The van der Waals surface area contributed by atoms with Gasteiger partial charge in [0.2, 0.25) is 5.91 Å². The number of carbonyl (C=O) groups is 2. The van der Waals surface area contributed by atoms with Gasteiger partial charge < -0.3 is 0 Å². The van der Waals surface area contributed by atoms with E-state index in [1.807, 2.05) is 62.4 Å². The van der Waals surface area contributed by atoms with Crippen molar-refractivity contribution in [1.82, 2.24) is 0 Å². The van der Waals surface area contributed by atoms with E-state index in [0.29, 0.717) is 10.6 Å². The summed E-state index contributed by atoms with van der Waals surface area (Å²) in [4.78, 5) is 36.4. The Morgan fingerprint density at radius 2 is 1.74 bits per heavy atom. The highest BCUT2D eigenvalue weighted by molar-refractivity contribution is 7.17. The first-order chi connectivity index (χ1) is 17.0. The third-order valence-corrected chi connectivity index (χ3v) is 8.63. The molecule has 3 aliphatic rings. The Morgan fingerprint density at radius 3 is 2.49 bits per heavy atom. The molecule has 176 valence electrons. The summed E-state index contributed by atoms with van der Waals surface area (Å²) in [6.07, 6.45) is 2.87. The molecule has 2 amide bonds. The Kier molecular flexibility index (Phi) is 5.24. The summed E-state index contributed by atoms with van der Waals surface area (Å²) in [7, 11) is 0. The fourth-order valence-electron chi connectivity index (χ4n) is 5.56. The van der Waals surface area contributed by atoms with Crippen LogP contribution in [0.2, 0.25) is 0 Å². The van der Waals surface area contributed by atoms with Crippen molar-refractivity contribution in [3.63, 3.8) is 0 Å². The lowest BCUT2D eigenvalue weighted by atomic mass is 9.90. The molecule has 1 aromatic heterocycles. The molecule has 1 aliphatic carbocycles. The van der Waals surface area contributed by atoms with Crippen LogP contribution in [-0.4, -0.2) is 17.9 Å². The Morgan fingerprint density at radius 1 is 1.00 bits per heavy atom. The molecule has 0 radical (unpaired) electrons. The van der Waals surface area contributed by atoms with Crippen LogP contribution >= 0.6 is 11.3 Å². The van der Waals surface area contributed by atoms with Crippen molar-refractivity contribution in [1.29, 1.82) is 5.26 Å². The van der Waals surface area contributed by atoms with Crippen molar-refractivity contribution in [2.45, 2.75) is 51.7 Å². The van der Waals surface area contributed by atoms with Crippen LogP contribution in [0.25, 0.3) is 0 Å².